The van der Waals surface area contributed by atoms with Crippen LogP contribution in [0.1, 0.15) is 18.1 Å². The van der Waals surface area contributed by atoms with E-state index in [-0.39, 0.29) is 11.6 Å². The smallest absolute Gasteiger partial charge is 0.177 e. The summed E-state index contributed by atoms with van der Waals surface area (Å²) in [5.41, 5.74) is 0.981. The summed E-state index contributed by atoms with van der Waals surface area (Å²) >= 11 is 0. The van der Waals surface area contributed by atoms with Crippen LogP contribution < -0.4 is 9.47 Å². The fraction of sp³-hybridized carbons (Fsp3) is 0.238. The quantitative estimate of drug-likeness (QED) is 0.784. The van der Waals surface area contributed by atoms with E-state index in [2.05, 4.69) is 0 Å². The molecule has 128 valence electrons. The molecule has 0 saturated carbocycles. The standard InChI is InChI=1S/C21H20O4/c1-21(13-14-7-5-4-6-8-14)19(22)12-16(20(21)23)15-9-10-17(24-2)18(11-15)25-3/h4-12H,13H2,1-3H3. The van der Waals surface area contributed by atoms with Crippen molar-refractivity contribution in [2.45, 2.75) is 13.3 Å². The average molecular weight is 336 g/mol. The summed E-state index contributed by atoms with van der Waals surface area (Å²) in [6.07, 6.45) is 1.84. The Hall–Kier alpha value is -2.88. The Morgan fingerprint density at radius 1 is 0.920 bits per heavy atom. The van der Waals surface area contributed by atoms with E-state index in [0.29, 0.717) is 29.1 Å². The van der Waals surface area contributed by atoms with Gasteiger partial charge in [-0.3, -0.25) is 9.59 Å². The van der Waals surface area contributed by atoms with Crippen LogP contribution >= 0.6 is 0 Å². The number of carbonyl (C=O) groups is 2. The van der Waals surface area contributed by atoms with Gasteiger partial charge in [-0.2, -0.15) is 0 Å². The van der Waals surface area contributed by atoms with Crippen LogP contribution in [0.15, 0.2) is 54.6 Å². The van der Waals surface area contributed by atoms with Gasteiger partial charge >= 0.3 is 0 Å². The molecular formula is C21H20O4. The molecule has 0 aromatic heterocycles. The van der Waals surface area contributed by atoms with Gasteiger partial charge in [0.1, 0.15) is 0 Å². The van der Waals surface area contributed by atoms with Gasteiger partial charge in [-0.1, -0.05) is 36.4 Å². The molecule has 1 aliphatic carbocycles. The van der Waals surface area contributed by atoms with Crippen molar-refractivity contribution in [3.8, 4) is 11.5 Å². The van der Waals surface area contributed by atoms with E-state index < -0.39 is 5.41 Å². The molecule has 0 saturated heterocycles. The molecule has 0 radical (unpaired) electrons. The maximum absolute atomic E-state index is 13.0. The summed E-state index contributed by atoms with van der Waals surface area (Å²) in [5, 5.41) is 0. The van der Waals surface area contributed by atoms with Gasteiger partial charge in [0.25, 0.3) is 0 Å². The molecule has 4 nitrogen and oxygen atoms in total. The van der Waals surface area contributed by atoms with E-state index in [1.165, 1.54) is 13.2 Å². The number of hydrogen-bond acceptors (Lipinski definition) is 4. The number of Topliss-reactive ketones (excluding diaryl/α,β-unsaturated/α-hetero) is 1. The Morgan fingerprint density at radius 3 is 2.24 bits per heavy atom. The van der Waals surface area contributed by atoms with Gasteiger partial charge < -0.3 is 9.47 Å². The van der Waals surface area contributed by atoms with Crippen molar-refractivity contribution < 1.29 is 19.1 Å². The van der Waals surface area contributed by atoms with E-state index in [1.807, 2.05) is 30.3 Å². The normalized spacial score (nSPS) is 19.7. The number of methoxy groups -OCH3 is 2. The fourth-order valence-corrected chi connectivity index (χ4v) is 3.15. The number of hydrogen-bond donors (Lipinski definition) is 0. The second-order valence-electron chi connectivity index (χ2n) is 6.32. The number of carbonyl (C=O) groups excluding carboxylic acids is 2. The maximum Gasteiger partial charge on any atom is 0.177 e. The zero-order valence-electron chi connectivity index (χ0n) is 14.5. The lowest BCUT2D eigenvalue weighted by Crippen LogP contribution is -2.33. The van der Waals surface area contributed by atoms with Crippen LogP contribution in [0.5, 0.6) is 11.5 Å². The molecular weight excluding hydrogens is 316 g/mol. The first-order valence-corrected chi connectivity index (χ1v) is 8.07. The van der Waals surface area contributed by atoms with Crippen molar-refractivity contribution in [2.75, 3.05) is 14.2 Å². The predicted octanol–water partition coefficient (Wildman–Crippen LogP) is 3.49. The molecule has 1 aliphatic rings. The predicted molar refractivity (Wildman–Crippen MR) is 95.8 cm³/mol. The maximum atomic E-state index is 13.0. The van der Waals surface area contributed by atoms with Crippen LogP contribution in [0.25, 0.3) is 5.57 Å². The topological polar surface area (TPSA) is 52.6 Å². The number of rotatable bonds is 5. The first-order chi connectivity index (χ1) is 12.0. The zero-order valence-corrected chi connectivity index (χ0v) is 14.5. The third-order valence-electron chi connectivity index (χ3n) is 4.66. The largest absolute Gasteiger partial charge is 0.493 e. The third-order valence-corrected chi connectivity index (χ3v) is 4.66. The average Bonchev–Trinajstić information content (AvgIpc) is 2.86. The third kappa shape index (κ3) is 2.95. The van der Waals surface area contributed by atoms with Crippen molar-refractivity contribution >= 4 is 17.1 Å². The van der Waals surface area contributed by atoms with E-state index in [4.69, 9.17) is 9.47 Å². The van der Waals surface area contributed by atoms with Gasteiger partial charge in [0.05, 0.1) is 19.6 Å². The Labute approximate surface area is 147 Å². The summed E-state index contributed by atoms with van der Waals surface area (Å²) in [7, 11) is 3.09. The molecule has 4 heteroatoms. The molecule has 0 N–H and O–H groups in total. The molecule has 1 atom stereocenters. The molecule has 0 heterocycles. The number of benzene rings is 2. The Bertz CT molecular complexity index is 851. The van der Waals surface area contributed by atoms with Gasteiger partial charge in [-0.15, -0.1) is 0 Å². The van der Waals surface area contributed by atoms with Gasteiger partial charge in [0.15, 0.2) is 23.1 Å². The van der Waals surface area contributed by atoms with Crippen molar-refractivity contribution in [3.63, 3.8) is 0 Å². The summed E-state index contributed by atoms with van der Waals surface area (Å²) in [4.78, 5) is 25.7. The molecule has 2 aromatic carbocycles. The van der Waals surface area contributed by atoms with Crippen molar-refractivity contribution in [2.24, 2.45) is 5.41 Å². The van der Waals surface area contributed by atoms with Crippen LogP contribution in [-0.2, 0) is 16.0 Å². The summed E-state index contributed by atoms with van der Waals surface area (Å²) in [6, 6.07) is 14.8. The highest BCUT2D eigenvalue weighted by atomic mass is 16.5. The minimum absolute atomic E-state index is 0.159. The second kappa shape index (κ2) is 6.55. The monoisotopic (exact) mass is 336 g/mol. The molecule has 25 heavy (non-hydrogen) atoms. The minimum atomic E-state index is -1.07. The minimum Gasteiger partial charge on any atom is -0.493 e. The van der Waals surface area contributed by atoms with Crippen molar-refractivity contribution in [1.82, 2.24) is 0 Å². The van der Waals surface area contributed by atoms with Gasteiger partial charge in [-0.05, 0) is 42.7 Å². The van der Waals surface area contributed by atoms with Crippen LogP contribution in [0, 0.1) is 5.41 Å². The summed E-state index contributed by atoms with van der Waals surface area (Å²) < 4.78 is 10.5. The van der Waals surface area contributed by atoms with Crippen molar-refractivity contribution in [3.05, 3.63) is 65.7 Å². The van der Waals surface area contributed by atoms with E-state index in [9.17, 15) is 9.59 Å². The lowest BCUT2D eigenvalue weighted by molar-refractivity contribution is -0.131. The fourth-order valence-electron chi connectivity index (χ4n) is 3.15. The lowest BCUT2D eigenvalue weighted by Gasteiger charge is -2.21. The summed E-state index contributed by atoms with van der Waals surface area (Å²) in [6.45, 7) is 1.72. The van der Waals surface area contributed by atoms with E-state index in [0.717, 1.165) is 5.56 Å². The molecule has 2 aromatic rings. The molecule has 3 rings (SSSR count). The van der Waals surface area contributed by atoms with Crippen LogP contribution in [0.2, 0.25) is 0 Å². The van der Waals surface area contributed by atoms with Crippen LogP contribution in [0.4, 0.5) is 0 Å². The SMILES string of the molecule is COc1ccc(C2=CC(=O)C(C)(Cc3ccccc3)C2=O)cc1OC. The van der Waals surface area contributed by atoms with Crippen LogP contribution in [-0.4, -0.2) is 25.8 Å². The number of ketones is 2. The number of allylic oxidation sites excluding steroid dienone is 2. The zero-order chi connectivity index (χ0) is 18.0. The van der Waals surface area contributed by atoms with E-state index in [1.54, 1.807) is 32.2 Å². The molecule has 0 fully saturated rings. The van der Waals surface area contributed by atoms with Crippen molar-refractivity contribution in [1.29, 1.82) is 0 Å². The van der Waals surface area contributed by atoms with Crippen LogP contribution in [0.3, 0.4) is 0 Å². The molecule has 0 bridgehead atoms. The highest BCUT2D eigenvalue weighted by molar-refractivity contribution is 6.39. The lowest BCUT2D eigenvalue weighted by atomic mass is 9.78. The summed E-state index contributed by atoms with van der Waals surface area (Å²) in [5.74, 6) is 0.785. The van der Waals surface area contributed by atoms with Gasteiger partial charge in [0.2, 0.25) is 0 Å². The molecule has 0 aliphatic heterocycles. The Kier molecular flexibility index (Phi) is 4.45. The Morgan fingerprint density at radius 2 is 1.60 bits per heavy atom. The molecule has 0 spiro atoms. The second-order valence-corrected chi connectivity index (χ2v) is 6.32. The first-order valence-electron chi connectivity index (χ1n) is 8.07. The first kappa shape index (κ1) is 17.0. The van der Waals surface area contributed by atoms with E-state index >= 15 is 0 Å². The van der Waals surface area contributed by atoms with Gasteiger partial charge in [0, 0.05) is 5.57 Å². The highest BCUT2D eigenvalue weighted by Gasteiger charge is 2.46. The highest BCUT2D eigenvalue weighted by Crippen LogP contribution is 2.40. The number of ether oxygens (including phenoxy) is 2. The molecule has 1 unspecified atom stereocenters. The molecule has 0 amide bonds. The Balaban J connectivity index is 1.94. The van der Waals surface area contributed by atoms with Gasteiger partial charge in [-0.25, -0.2) is 0 Å².